The molecule has 0 spiro atoms. The van der Waals surface area contributed by atoms with Gasteiger partial charge in [0.15, 0.2) is 0 Å². The molecule has 1 aromatic rings. The molecule has 1 N–H and O–H groups in total. The molecular formula is C16H27N3O3. The zero-order valence-electron chi connectivity index (χ0n) is 14.1. The number of rotatable bonds is 5. The Hall–Kier alpha value is -1.40. The molecule has 6 nitrogen and oxygen atoms in total. The molecule has 0 saturated carbocycles. The molecule has 0 aliphatic carbocycles. The molecule has 2 rings (SSSR count). The number of nitrogens with zero attached hydrogens (tertiary/aromatic N) is 3. The molecule has 124 valence electrons. The third-order valence-corrected chi connectivity index (χ3v) is 4.84. The maximum absolute atomic E-state index is 12.9. The average Bonchev–Trinajstić information content (AvgIpc) is 2.77. The van der Waals surface area contributed by atoms with E-state index in [1.165, 1.54) is 0 Å². The van der Waals surface area contributed by atoms with Gasteiger partial charge in [-0.05, 0) is 33.1 Å². The number of aliphatic hydroxyl groups is 1. The van der Waals surface area contributed by atoms with Crippen molar-refractivity contribution in [3.8, 4) is 0 Å². The molecule has 0 aromatic carbocycles. The van der Waals surface area contributed by atoms with Crippen LogP contribution in [0.2, 0.25) is 0 Å². The second-order valence-corrected chi connectivity index (χ2v) is 6.40. The minimum absolute atomic E-state index is 0.0260. The maximum Gasteiger partial charge on any atom is 0.257 e. The lowest BCUT2D eigenvalue weighted by Crippen LogP contribution is -2.48. The minimum atomic E-state index is -0.242. The SMILES string of the molecule is COCC[C@]1(CO)CCCN(C(=O)c2c(C)nn(C)c2C)C1. The lowest BCUT2D eigenvalue weighted by molar-refractivity contribution is 0.00892. The fourth-order valence-corrected chi connectivity index (χ4v) is 3.35. The van der Waals surface area contributed by atoms with Crippen LogP contribution in [0.4, 0.5) is 0 Å². The monoisotopic (exact) mass is 309 g/mol. The van der Waals surface area contributed by atoms with Crippen LogP contribution in [0, 0.1) is 19.3 Å². The normalized spacial score (nSPS) is 22.1. The van der Waals surface area contributed by atoms with E-state index in [2.05, 4.69) is 5.10 Å². The second kappa shape index (κ2) is 6.79. The Bertz CT molecular complexity index is 541. The number of carbonyl (C=O) groups is 1. The Labute approximate surface area is 132 Å². The zero-order valence-corrected chi connectivity index (χ0v) is 14.1. The van der Waals surface area contributed by atoms with Crippen LogP contribution in [-0.2, 0) is 11.8 Å². The van der Waals surface area contributed by atoms with E-state index in [1.54, 1.807) is 11.8 Å². The zero-order chi connectivity index (χ0) is 16.3. The summed E-state index contributed by atoms with van der Waals surface area (Å²) < 4.78 is 6.91. The number of carbonyl (C=O) groups excluding carboxylic acids is 1. The molecule has 2 heterocycles. The quantitative estimate of drug-likeness (QED) is 0.890. The summed E-state index contributed by atoms with van der Waals surface area (Å²) in [5.41, 5.74) is 2.11. The molecule has 1 aliphatic rings. The summed E-state index contributed by atoms with van der Waals surface area (Å²) in [5.74, 6) is 0.0260. The van der Waals surface area contributed by atoms with Gasteiger partial charge in [-0.2, -0.15) is 5.10 Å². The van der Waals surface area contributed by atoms with Crippen LogP contribution < -0.4 is 0 Å². The summed E-state index contributed by atoms with van der Waals surface area (Å²) in [4.78, 5) is 14.8. The number of likely N-dealkylation sites (tertiary alicyclic amines) is 1. The highest BCUT2D eigenvalue weighted by molar-refractivity contribution is 5.96. The van der Waals surface area contributed by atoms with Gasteiger partial charge in [0.05, 0.1) is 17.9 Å². The number of hydrogen-bond donors (Lipinski definition) is 1. The van der Waals surface area contributed by atoms with E-state index in [9.17, 15) is 9.90 Å². The molecular weight excluding hydrogens is 282 g/mol. The van der Waals surface area contributed by atoms with Gasteiger partial charge >= 0.3 is 0 Å². The van der Waals surface area contributed by atoms with E-state index in [1.807, 2.05) is 25.8 Å². The molecule has 1 aliphatic heterocycles. The molecule has 0 bridgehead atoms. The van der Waals surface area contributed by atoms with Crippen LogP contribution in [0.15, 0.2) is 0 Å². The average molecular weight is 309 g/mol. The van der Waals surface area contributed by atoms with Crippen molar-refractivity contribution in [3.05, 3.63) is 17.0 Å². The first-order chi connectivity index (χ1) is 10.4. The lowest BCUT2D eigenvalue weighted by atomic mass is 9.78. The van der Waals surface area contributed by atoms with Gasteiger partial charge in [-0.15, -0.1) is 0 Å². The number of hydrogen-bond acceptors (Lipinski definition) is 4. The Kier molecular flexibility index (Phi) is 5.24. The molecule has 6 heteroatoms. The molecule has 1 atom stereocenters. The second-order valence-electron chi connectivity index (χ2n) is 6.40. The number of amides is 1. The first-order valence-electron chi connectivity index (χ1n) is 7.83. The smallest absolute Gasteiger partial charge is 0.257 e. The summed E-state index contributed by atoms with van der Waals surface area (Å²) in [6.07, 6.45) is 2.62. The van der Waals surface area contributed by atoms with Gasteiger partial charge in [-0.1, -0.05) is 0 Å². The van der Waals surface area contributed by atoms with Gasteiger partial charge in [0.2, 0.25) is 0 Å². The first kappa shape index (κ1) is 17.0. The predicted molar refractivity (Wildman–Crippen MR) is 83.8 cm³/mol. The Morgan fingerprint density at radius 1 is 1.45 bits per heavy atom. The largest absolute Gasteiger partial charge is 0.396 e. The summed E-state index contributed by atoms with van der Waals surface area (Å²) in [6, 6.07) is 0. The van der Waals surface area contributed by atoms with Crippen LogP contribution in [0.25, 0.3) is 0 Å². The van der Waals surface area contributed by atoms with E-state index < -0.39 is 0 Å². The van der Waals surface area contributed by atoms with Crippen molar-refractivity contribution in [1.82, 2.24) is 14.7 Å². The summed E-state index contributed by atoms with van der Waals surface area (Å²) >= 11 is 0. The third-order valence-electron chi connectivity index (χ3n) is 4.84. The van der Waals surface area contributed by atoms with Crippen molar-refractivity contribution in [2.24, 2.45) is 12.5 Å². The first-order valence-corrected chi connectivity index (χ1v) is 7.83. The van der Waals surface area contributed by atoms with Crippen molar-refractivity contribution >= 4 is 5.91 Å². The molecule has 1 amide bonds. The van der Waals surface area contributed by atoms with Crippen molar-refractivity contribution in [2.75, 3.05) is 33.4 Å². The summed E-state index contributed by atoms with van der Waals surface area (Å²) in [5, 5.41) is 14.2. The number of aryl methyl sites for hydroxylation is 2. The molecule has 0 unspecified atom stereocenters. The van der Waals surface area contributed by atoms with Crippen molar-refractivity contribution in [2.45, 2.75) is 33.1 Å². The maximum atomic E-state index is 12.9. The fourth-order valence-electron chi connectivity index (χ4n) is 3.35. The number of methoxy groups -OCH3 is 1. The number of aromatic nitrogens is 2. The Balaban J connectivity index is 2.19. The molecule has 0 radical (unpaired) electrons. The fraction of sp³-hybridized carbons (Fsp3) is 0.750. The number of ether oxygens (including phenoxy) is 1. The lowest BCUT2D eigenvalue weighted by Gasteiger charge is -2.41. The Morgan fingerprint density at radius 2 is 2.18 bits per heavy atom. The van der Waals surface area contributed by atoms with Crippen LogP contribution in [0.1, 0.15) is 41.0 Å². The van der Waals surface area contributed by atoms with Crippen LogP contribution in [-0.4, -0.2) is 59.1 Å². The molecule has 1 aromatic heterocycles. The number of piperidine rings is 1. The number of aliphatic hydroxyl groups excluding tert-OH is 1. The van der Waals surface area contributed by atoms with Gasteiger partial charge in [-0.25, -0.2) is 0 Å². The summed E-state index contributed by atoms with van der Waals surface area (Å²) in [7, 11) is 3.52. The van der Waals surface area contributed by atoms with E-state index in [-0.39, 0.29) is 17.9 Å². The van der Waals surface area contributed by atoms with Crippen LogP contribution in [0.5, 0.6) is 0 Å². The topological polar surface area (TPSA) is 67.6 Å². The van der Waals surface area contributed by atoms with Gasteiger partial charge in [0, 0.05) is 45.0 Å². The molecule has 1 fully saturated rings. The van der Waals surface area contributed by atoms with Crippen molar-refractivity contribution in [1.29, 1.82) is 0 Å². The van der Waals surface area contributed by atoms with E-state index >= 15 is 0 Å². The highest BCUT2D eigenvalue weighted by Gasteiger charge is 2.37. The van der Waals surface area contributed by atoms with Gasteiger partial charge in [-0.3, -0.25) is 9.48 Å². The van der Waals surface area contributed by atoms with E-state index in [4.69, 9.17) is 4.74 Å². The van der Waals surface area contributed by atoms with Gasteiger partial charge in [0.1, 0.15) is 0 Å². The van der Waals surface area contributed by atoms with Crippen molar-refractivity contribution in [3.63, 3.8) is 0 Å². The Morgan fingerprint density at radius 3 is 2.73 bits per heavy atom. The standard InChI is InChI=1S/C16H27N3O3/c1-12-14(13(2)18(3)17-12)15(21)19-8-5-6-16(10-19,11-20)7-9-22-4/h20H,5-11H2,1-4H3/t16-/m1/s1. The highest BCUT2D eigenvalue weighted by Crippen LogP contribution is 2.34. The predicted octanol–water partition coefficient (Wildman–Crippen LogP) is 1.29. The highest BCUT2D eigenvalue weighted by atomic mass is 16.5. The third kappa shape index (κ3) is 3.17. The van der Waals surface area contributed by atoms with Crippen LogP contribution in [0.3, 0.4) is 0 Å². The van der Waals surface area contributed by atoms with Crippen LogP contribution >= 0.6 is 0 Å². The van der Waals surface area contributed by atoms with Gasteiger partial charge in [0.25, 0.3) is 5.91 Å². The minimum Gasteiger partial charge on any atom is -0.396 e. The van der Waals surface area contributed by atoms with Gasteiger partial charge < -0.3 is 14.7 Å². The summed E-state index contributed by atoms with van der Waals surface area (Å²) in [6.45, 7) is 5.80. The van der Waals surface area contributed by atoms with E-state index in [0.717, 1.165) is 37.2 Å². The molecule has 1 saturated heterocycles. The van der Waals surface area contributed by atoms with Crippen molar-refractivity contribution < 1.29 is 14.6 Å². The van der Waals surface area contributed by atoms with E-state index in [0.29, 0.717) is 18.7 Å². The molecule has 22 heavy (non-hydrogen) atoms.